The van der Waals surface area contributed by atoms with Crippen LogP contribution in [0.3, 0.4) is 0 Å². The molecule has 1 saturated carbocycles. The highest BCUT2D eigenvalue weighted by Gasteiger charge is 2.42. The molecule has 196 valence electrons. The summed E-state index contributed by atoms with van der Waals surface area (Å²) in [7, 11) is -3.22. The molecule has 5 rings (SSSR count). The van der Waals surface area contributed by atoms with E-state index >= 15 is 0 Å². The molecule has 2 atom stereocenters. The van der Waals surface area contributed by atoms with Gasteiger partial charge in [0.2, 0.25) is 5.91 Å². The molecule has 2 aromatic carbocycles. The van der Waals surface area contributed by atoms with E-state index in [2.05, 4.69) is 42.8 Å². The predicted molar refractivity (Wildman–Crippen MR) is 143 cm³/mol. The minimum atomic E-state index is -3.22. The summed E-state index contributed by atoms with van der Waals surface area (Å²) in [5.41, 5.74) is 2.20. The van der Waals surface area contributed by atoms with Gasteiger partial charge in [-0.05, 0) is 42.5 Å². The zero-order valence-electron chi connectivity index (χ0n) is 21.9. The fourth-order valence-corrected chi connectivity index (χ4v) is 6.07. The monoisotopic (exact) mass is 520 g/mol. The summed E-state index contributed by atoms with van der Waals surface area (Å²) in [5, 5.41) is 4.88. The van der Waals surface area contributed by atoms with Gasteiger partial charge in [-0.1, -0.05) is 63.2 Å². The van der Waals surface area contributed by atoms with Gasteiger partial charge >= 0.3 is 0 Å². The molecule has 0 spiro atoms. The molecule has 1 amide bonds. The lowest BCUT2D eigenvalue weighted by molar-refractivity contribution is -0.130. The Bertz CT molecular complexity index is 1350. The molecule has 1 aliphatic carbocycles. The molecule has 8 heteroatoms. The number of benzene rings is 2. The summed E-state index contributed by atoms with van der Waals surface area (Å²) in [6, 6.07) is 17.8. The van der Waals surface area contributed by atoms with Crippen molar-refractivity contribution in [2.75, 3.05) is 18.8 Å². The predicted octanol–water partition coefficient (Wildman–Crippen LogP) is 4.87. The van der Waals surface area contributed by atoms with Crippen molar-refractivity contribution in [1.29, 1.82) is 0 Å². The second kappa shape index (κ2) is 10.4. The third-order valence-corrected chi connectivity index (χ3v) is 9.36. The van der Waals surface area contributed by atoms with Crippen LogP contribution in [0.25, 0.3) is 0 Å². The average Bonchev–Trinajstić information content (AvgIpc) is 3.49. The smallest absolute Gasteiger partial charge is 0.222 e. The van der Waals surface area contributed by atoms with Gasteiger partial charge in [-0.3, -0.25) is 4.79 Å². The zero-order valence-corrected chi connectivity index (χ0v) is 22.7. The first-order valence-corrected chi connectivity index (χ1v) is 15.0. The Kier molecular flexibility index (Phi) is 7.21. The number of hydrogen-bond donors (Lipinski definition) is 0. The van der Waals surface area contributed by atoms with E-state index < -0.39 is 9.84 Å². The van der Waals surface area contributed by atoms with E-state index in [0.717, 1.165) is 30.1 Å². The molecule has 0 N–H and O–H groups in total. The Labute approximate surface area is 219 Å². The highest BCUT2D eigenvalue weighted by atomic mass is 32.2. The first kappa shape index (κ1) is 25.6. The Balaban J connectivity index is 1.34. The van der Waals surface area contributed by atoms with Crippen molar-refractivity contribution < 1.29 is 13.2 Å². The molecule has 1 saturated heterocycles. The lowest BCUT2D eigenvalue weighted by Crippen LogP contribution is -2.29. The van der Waals surface area contributed by atoms with Gasteiger partial charge in [0.05, 0.1) is 16.7 Å². The van der Waals surface area contributed by atoms with Crippen molar-refractivity contribution in [2.45, 2.75) is 75.1 Å². The van der Waals surface area contributed by atoms with Crippen molar-refractivity contribution in [3.63, 3.8) is 0 Å². The summed E-state index contributed by atoms with van der Waals surface area (Å²) in [4.78, 5) is 20.7. The molecule has 37 heavy (non-hydrogen) atoms. The van der Waals surface area contributed by atoms with Crippen molar-refractivity contribution in [1.82, 2.24) is 19.7 Å². The highest BCUT2D eigenvalue weighted by Crippen LogP contribution is 2.43. The minimum Gasteiger partial charge on any atom is -0.341 e. The van der Waals surface area contributed by atoms with Crippen LogP contribution < -0.4 is 0 Å². The molecule has 2 fully saturated rings. The Morgan fingerprint density at radius 1 is 1.00 bits per heavy atom. The standard InChI is InChI=1S/C29H36N4O3S/c1-4-37(35,36)24-15-10-21(11-16-24)12-17-27(34)32-18-25(22-8-6-5-7-9-22)26(19-32)29-30-28(20(2)3)31-33(29)23-13-14-23/h5-11,15-16,20,23,25-26H,4,12-14,17-19H2,1-3H3. The van der Waals surface area contributed by atoms with Crippen molar-refractivity contribution in [2.24, 2.45) is 0 Å². The molecule has 3 aromatic rings. The largest absolute Gasteiger partial charge is 0.341 e. The molecule has 1 aliphatic heterocycles. The molecule has 2 unspecified atom stereocenters. The van der Waals surface area contributed by atoms with Crippen LogP contribution in [0, 0.1) is 0 Å². The van der Waals surface area contributed by atoms with Gasteiger partial charge in [0, 0.05) is 37.3 Å². The van der Waals surface area contributed by atoms with Crippen LogP contribution >= 0.6 is 0 Å². The van der Waals surface area contributed by atoms with E-state index in [-0.39, 0.29) is 29.4 Å². The number of sulfone groups is 1. The number of amides is 1. The quantitative estimate of drug-likeness (QED) is 0.402. The number of nitrogens with zero attached hydrogens (tertiary/aromatic N) is 4. The first-order chi connectivity index (χ1) is 17.8. The Hall–Kier alpha value is -3.00. The summed E-state index contributed by atoms with van der Waals surface area (Å²) >= 11 is 0. The van der Waals surface area contributed by atoms with Crippen molar-refractivity contribution in [3.05, 3.63) is 77.4 Å². The molecular weight excluding hydrogens is 484 g/mol. The number of hydrogen-bond acceptors (Lipinski definition) is 5. The number of carbonyl (C=O) groups is 1. The van der Waals surface area contributed by atoms with Gasteiger partial charge < -0.3 is 4.90 Å². The average molecular weight is 521 g/mol. The molecule has 2 aliphatic rings. The van der Waals surface area contributed by atoms with Crippen LogP contribution in [0.5, 0.6) is 0 Å². The number of carbonyl (C=O) groups excluding carboxylic acids is 1. The second-order valence-corrected chi connectivity index (χ2v) is 12.9. The SMILES string of the molecule is CCS(=O)(=O)c1ccc(CCC(=O)N2CC(c3ccccc3)C(c3nc(C(C)C)nn3C3CC3)C2)cc1. The number of rotatable bonds is 9. The van der Waals surface area contributed by atoms with Crippen LogP contribution in [0.15, 0.2) is 59.5 Å². The maximum absolute atomic E-state index is 13.4. The van der Waals surface area contributed by atoms with E-state index in [0.29, 0.717) is 36.9 Å². The van der Waals surface area contributed by atoms with E-state index in [4.69, 9.17) is 10.1 Å². The molecule has 0 bridgehead atoms. The van der Waals surface area contributed by atoms with Gasteiger partial charge in [0.1, 0.15) is 5.82 Å². The van der Waals surface area contributed by atoms with E-state index in [1.54, 1.807) is 19.1 Å². The van der Waals surface area contributed by atoms with Gasteiger partial charge in [-0.25, -0.2) is 18.1 Å². The van der Waals surface area contributed by atoms with E-state index in [1.165, 1.54) is 5.56 Å². The number of likely N-dealkylation sites (tertiary alicyclic amines) is 1. The molecule has 0 radical (unpaired) electrons. The van der Waals surface area contributed by atoms with Gasteiger partial charge in [0.15, 0.2) is 15.7 Å². The van der Waals surface area contributed by atoms with Crippen LogP contribution in [0.4, 0.5) is 0 Å². The van der Waals surface area contributed by atoms with Gasteiger partial charge in [-0.15, -0.1) is 0 Å². The van der Waals surface area contributed by atoms with Crippen LogP contribution in [-0.2, 0) is 21.1 Å². The minimum absolute atomic E-state index is 0.0801. The molecule has 2 heterocycles. The summed E-state index contributed by atoms with van der Waals surface area (Å²) in [5.74, 6) is 2.63. The maximum atomic E-state index is 13.4. The fraction of sp³-hybridized carbons (Fsp3) is 0.483. The van der Waals surface area contributed by atoms with E-state index in [1.807, 2.05) is 23.1 Å². The molecular formula is C29H36N4O3S. The van der Waals surface area contributed by atoms with Crippen LogP contribution in [-0.4, -0.2) is 52.8 Å². The topological polar surface area (TPSA) is 85.2 Å². The van der Waals surface area contributed by atoms with Crippen molar-refractivity contribution >= 4 is 15.7 Å². The maximum Gasteiger partial charge on any atom is 0.222 e. The highest BCUT2D eigenvalue weighted by molar-refractivity contribution is 7.91. The summed E-state index contributed by atoms with van der Waals surface area (Å²) < 4.78 is 26.3. The fourth-order valence-electron chi connectivity index (χ4n) is 5.18. The number of aryl methyl sites for hydroxylation is 1. The van der Waals surface area contributed by atoms with Crippen LogP contribution in [0.1, 0.15) is 86.6 Å². The molecule has 7 nitrogen and oxygen atoms in total. The number of aromatic nitrogens is 3. The third-order valence-electron chi connectivity index (χ3n) is 7.61. The zero-order chi connectivity index (χ0) is 26.2. The lowest BCUT2D eigenvalue weighted by Gasteiger charge is -2.18. The Morgan fingerprint density at radius 2 is 1.68 bits per heavy atom. The van der Waals surface area contributed by atoms with Crippen LogP contribution in [0.2, 0.25) is 0 Å². The van der Waals surface area contributed by atoms with E-state index in [9.17, 15) is 13.2 Å². The normalized spacial score (nSPS) is 20.1. The molecule has 1 aromatic heterocycles. The lowest BCUT2D eigenvalue weighted by atomic mass is 9.88. The third kappa shape index (κ3) is 5.49. The van der Waals surface area contributed by atoms with Gasteiger partial charge in [0.25, 0.3) is 0 Å². The summed E-state index contributed by atoms with van der Waals surface area (Å²) in [6.07, 6.45) is 3.24. The van der Waals surface area contributed by atoms with Gasteiger partial charge in [-0.2, -0.15) is 5.10 Å². The second-order valence-electron chi connectivity index (χ2n) is 10.6. The van der Waals surface area contributed by atoms with Crippen molar-refractivity contribution in [3.8, 4) is 0 Å². The first-order valence-electron chi connectivity index (χ1n) is 13.4. The Morgan fingerprint density at radius 3 is 2.30 bits per heavy atom. The summed E-state index contributed by atoms with van der Waals surface area (Å²) in [6.45, 7) is 7.19.